The highest BCUT2D eigenvalue weighted by Gasteiger charge is 2.37. The van der Waals surface area contributed by atoms with Crippen LogP contribution >= 0.6 is 0 Å². The molecule has 2 aromatic rings. The lowest BCUT2D eigenvalue weighted by molar-refractivity contribution is -0.143. The maximum Gasteiger partial charge on any atom is 0.416 e. The van der Waals surface area contributed by atoms with Crippen LogP contribution in [0, 0.1) is 0 Å². The molecule has 0 bridgehead atoms. The van der Waals surface area contributed by atoms with E-state index in [1.807, 2.05) is 11.9 Å². The van der Waals surface area contributed by atoms with Crippen LogP contribution in [-0.4, -0.2) is 43.1 Å². The molecule has 0 atom stereocenters. The molecular formula is C18H17F6N3. The predicted octanol–water partition coefficient (Wildman–Crippen LogP) is 4.54. The van der Waals surface area contributed by atoms with Crippen LogP contribution in [0.4, 0.5) is 32.2 Å². The highest BCUT2D eigenvalue weighted by Crippen LogP contribution is 2.38. The SMILES string of the molecule is CN1CCN(c2cccc(-c3cc(C(F)(F)F)cc(C(F)(F)F)c3)n2)CC1. The number of aromatic nitrogens is 1. The minimum atomic E-state index is -4.88. The van der Waals surface area contributed by atoms with E-state index >= 15 is 0 Å². The van der Waals surface area contributed by atoms with Gasteiger partial charge in [-0.1, -0.05) is 6.07 Å². The predicted molar refractivity (Wildman–Crippen MR) is 89.4 cm³/mol. The molecule has 0 saturated carbocycles. The summed E-state index contributed by atoms with van der Waals surface area (Å²) < 4.78 is 78.3. The van der Waals surface area contributed by atoms with Crippen molar-refractivity contribution in [2.45, 2.75) is 12.4 Å². The number of pyridine rings is 1. The Kier molecular flexibility index (Phi) is 5.07. The Morgan fingerprint density at radius 1 is 0.815 bits per heavy atom. The first-order valence-electron chi connectivity index (χ1n) is 8.24. The van der Waals surface area contributed by atoms with E-state index in [2.05, 4.69) is 9.88 Å². The molecule has 1 aliphatic rings. The zero-order valence-corrected chi connectivity index (χ0v) is 14.4. The van der Waals surface area contributed by atoms with Crippen molar-refractivity contribution in [1.29, 1.82) is 0 Å². The van der Waals surface area contributed by atoms with Crippen molar-refractivity contribution in [3.8, 4) is 11.3 Å². The molecule has 3 rings (SSSR count). The summed E-state index contributed by atoms with van der Waals surface area (Å²) in [6, 6.07) is 6.22. The molecule has 1 fully saturated rings. The Morgan fingerprint density at radius 3 is 1.89 bits per heavy atom. The lowest BCUT2D eigenvalue weighted by Crippen LogP contribution is -2.44. The molecule has 27 heavy (non-hydrogen) atoms. The fraction of sp³-hybridized carbons (Fsp3) is 0.389. The van der Waals surface area contributed by atoms with Crippen molar-refractivity contribution >= 4 is 5.82 Å². The molecule has 0 amide bonds. The van der Waals surface area contributed by atoms with E-state index in [0.29, 0.717) is 31.0 Å². The van der Waals surface area contributed by atoms with Gasteiger partial charge in [0.15, 0.2) is 0 Å². The monoisotopic (exact) mass is 389 g/mol. The minimum Gasteiger partial charge on any atom is -0.354 e. The van der Waals surface area contributed by atoms with Gasteiger partial charge in [-0.15, -0.1) is 0 Å². The summed E-state index contributed by atoms with van der Waals surface area (Å²) in [5.41, 5.74) is -2.84. The summed E-state index contributed by atoms with van der Waals surface area (Å²) in [6.45, 7) is 2.97. The largest absolute Gasteiger partial charge is 0.416 e. The number of halogens is 6. The average Bonchev–Trinajstić information content (AvgIpc) is 2.60. The quantitative estimate of drug-likeness (QED) is 0.704. The second-order valence-corrected chi connectivity index (χ2v) is 6.47. The van der Waals surface area contributed by atoms with Gasteiger partial charge >= 0.3 is 12.4 Å². The number of hydrogen-bond acceptors (Lipinski definition) is 3. The first kappa shape index (κ1) is 19.5. The molecule has 0 aliphatic carbocycles. The van der Waals surface area contributed by atoms with Crippen LogP contribution in [0.3, 0.4) is 0 Å². The molecule has 9 heteroatoms. The molecule has 1 aliphatic heterocycles. The van der Waals surface area contributed by atoms with Gasteiger partial charge in [-0.3, -0.25) is 0 Å². The Hall–Kier alpha value is -2.29. The Bertz CT molecular complexity index is 775. The van der Waals surface area contributed by atoms with Gasteiger partial charge in [-0.25, -0.2) is 4.98 Å². The summed E-state index contributed by atoms with van der Waals surface area (Å²) in [5.74, 6) is 0.534. The Labute approximate surface area is 152 Å². The molecule has 1 saturated heterocycles. The third-order valence-corrected chi connectivity index (χ3v) is 4.45. The second-order valence-electron chi connectivity index (χ2n) is 6.47. The summed E-state index contributed by atoms with van der Waals surface area (Å²) in [5, 5.41) is 0. The molecule has 0 radical (unpaired) electrons. The van der Waals surface area contributed by atoms with E-state index in [1.165, 1.54) is 6.07 Å². The topological polar surface area (TPSA) is 19.4 Å². The van der Waals surface area contributed by atoms with Crippen molar-refractivity contribution < 1.29 is 26.3 Å². The highest BCUT2D eigenvalue weighted by atomic mass is 19.4. The van der Waals surface area contributed by atoms with Crippen LogP contribution in [0.5, 0.6) is 0 Å². The molecule has 3 nitrogen and oxygen atoms in total. The summed E-state index contributed by atoms with van der Waals surface area (Å²) >= 11 is 0. The van der Waals surface area contributed by atoms with Gasteiger partial charge in [-0.05, 0) is 37.4 Å². The van der Waals surface area contributed by atoms with Crippen molar-refractivity contribution in [3.05, 3.63) is 47.5 Å². The zero-order chi connectivity index (χ0) is 19.8. The Balaban J connectivity index is 2.02. The summed E-state index contributed by atoms with van der Waals surface area (Å²) in [4.78, 5) is 8.40. The van der Waals surface area contributed by atoms with Crippen LogP contribution in [0.25, 0.3) is 11.3 Å². The van der Waals surface area contributed by atoms with Gasteiger partial charge in [0, 0.05) is 31.7 Å². The molecule has 2 heterocycles. The van der Waals surface area contributed by atoms with Crippen LogP contribution in [-0.2, 0) is 12.4 Å². The van der Waals surface area contributed by atoms with Crippen molar-refractivity contribution in [2.24, 2.45) is 0 Å². The molecular weight excluding hydrogens is 372 g/mol. The van der Waals surface area contributed by atoms with Gasteiger partial charge in [0.1, 0.15) is 5.82 Å². The van der Waals surface area contributed by atoms with E-state index in [-0.39, 0.29) is 17.3 Å². The van der Waals surface area contributed by atoms with Gasteiger partial charge in [0.2, 0.25) is 0 Å². The maximum atomic E-state index is 13.1. The molecule has 1 aromatic heterocycles. The highest BCUT2D eigenvalue weighted by molar-refractivity contribution is 5.64. The molecule has 0 spiro atoms. The average molecular weight is 389 g/mol. The first-order valence-corrected chi connectivity index (χ1v) is 8.24. The summed E-state index contributed by atoms with van der Waals surface area (Å²) in [6.07, 6.45) is -9.77. The van der Waals surface area contributed by atoms with Gasteiger partial charge in [0.05, 0.1) is 16.8 Å². The van der Waals surface area contributed by atoms with E-state index < -0.39 is 23.5 Å². The van der Waals surface area contributed by atoms with E-state index in [0.717, 1.165) is 13.1 Å². The van der Waals surface area contributed by atoms with Crippen LogP contribution in [0.2, 0.25) is 0 Å². The number of hydrogen-bond donors (Lipinski definition) is 0. The number of piperazine rings is 1. The van der Waals surface area contributed by atoms with Crippen LogP contribution in [0.15, 0.2) is 36.4 Å². The van der Waals surface area contributed by atoms with Gasteiger partial charge < -0.3 is 9.80 Å². The number of likely N-dealkylation sites (N-methyl/N-ethyl adjacent to an activating group) is 1. The molecule has 146 valence electrons. The first-order chi connectivity index (χ1) is 12.5. The fourth-order valence-electron chi connectivity index (χ4n) is 2.90. The molecule has 0 N–H and O–H groups in total. The molecule has 0 unspecified atom stereocenters. The Morgan fingerprint density at radius 2 is 1.37 bits per heavy atom. The third kappa shape index (κ3) is 4.52. The van der Waals surface area contributed by atoms with Crippen LogP contribution in [0.1, 0.15) is 11.1 Å². The summed E-state index contributed by atoms with van der Waals surface area (Å²) in [7, 11) is 1.97. The smallest absolute Gasteiger partial charge is 0.354 e. The molecule has 1 aromatic carbocycles. The maximum absolute atomic E-state index is 13.1. The lowest BCUT2D eigenvalue weighted by atomic mass is 10.0. The van der Waals surface area contributed by atoms with E-state index in [1.54, 1.807) is 12.1 Å². The van der Waals surface area contributed by atoms with E-state index in [4.69, 9.17) is 0 Å². The number of rotatable bonds is 2. The number of alkyl halides is 6. The van der Waals surface area contributed by atoms with Crippen molar-refractivity contribution in [2.75, 3.05) is 38.1 Å². The van der Waals surface area contributed by atoms with Crippen molar-refractivity contribution in [3.63, 3.8) is 0 Å². The van der Waals surface area contributed by atoms with Gasteiger partial charge in [0.25, 0.3) is 0 Å². The number of anilines is 1. The standard InChI is InChI=1S/C18H17F6N3/c1-26-5-7-27(8-6-26)16-4-2-3-15(25-16)12-9-13(17(19,20)21)11-14(10-12)18(22,23)24/h2-4,9-11H,5-8H2,1H3. The van der Waals surface area contributed by atoms with E-state index in [9.17, 15) is 26.3 Å². The number of benzene rings is 1. The minimum absolute atomic E-state index is 0.0722. The van der Waals surface area contributed by atoms with Gasteiger partial charge in [-0.2, -0.15) is 26.3 Å². The fourth-order valence-corrected chi connectivity index (χ4v) is 2.90. The second kappa shape index (κ2) is 7.03. The third-order valence-electron chi connectivity index (χ3n) is 4.45. The lowest BCUT2D eigenvalue weighted by Gasteiger charge is -2.33. The van der Waals surface area contributed by atoms with Crippen molar-refractivity contribution in [1.82, 2.24) is 9.88 Å². The number of nitrogens with zero attached hydrogens (tertiary/aromatic N) is 3. The normalized spacial score (nSPS) is 16.6. The van der Waals surface area contributed by atoms with Crippen LogP contribution < -0.4 is 4.90 Å². The zero-order valence-electron chi connectivity index (χ0n) is 14.4.